The first-order chi connectivity index (χ1) is 17.3. The molecule has 0 amide bonds. The van der Waals surface area contributed by atoms with Crippen LogP contribution >= 0.6 is 11.6 Å². The van der Waals surface area contributed by atoms with Crippen LogP contribution in [0.15, 0.2) is 114 Å². The number of hydrogen-bond acceptors (Lipinski definition) is 3. The fourth-order valence-electron chi connectivity index (χ4n) is 4.07. The summed E-state index contributed by atoms with van der Waals surface area (Å²) in [6.45, 7) is 0.0368. The molecule has 4 aromatic rings. The fraction of sp³-hybridized carbons (Fsp3) is 0.138. The quantitative estimate of drug-likeness (QED) is 0.281. The van der Waals surface area contributed by atoms with Gasteiger partial charge in [-0.15, -0.1) is 0 Å². The van der Waals surface area contributed by atoms with Crippen molar-refractivity contribution in [1.82, 2.24) is 4.31 Å². The van der Waals surface area contributed by atoms with Crippen LogP contribution in [0, 0.1) is 0 Å². The molecule has 0 saturated heterocycles. The number of carboxylic acid groups (broad SMARTS) is 1. The maximum Gasteiger partial charge on any atom is 0.322 e. The van der Waals surface area contributed by atoms with Crippen LogP contribution in [0.2, 0.25) is 5.02 Å². The lowest BCUT2D eigenvalue weighted by molar-refractivity contribution is -0.141. The molecule has 1 N–H and O–H groups in total. The SMILES string of the molecule is O=C(O)[C@@H](Cc1ccccc1)N(CCc1ccccc1)S(=O)(=O)c1ccc(-c2ccc(Cl)cc2)cc1. The normalized spacial score (nSPS) is 12.4. The molecule has 36 heavy (non-hydrogen) atoms. The summed E-state index contributed by atoms with van der Waals surface area (Å²) < 4.78 is 28.8. The summed E-state index contributed by atoms with van der Waals surface area (Å²) in [5.74, 6) is -1.19. The van der Waals surface area contributed by atoms with Crippen LogP contribution in [-0.2, 0) is 27.7 Å². The van der Waals surface area contributed by atoms with Gasteiger partial charge in [0.1, 0.15) is 6.04 Å². The van der Waals surface area contributed by atoms with E-state index in [-0.39, 0.29) is 17.9 Å². The van der Waals surface area contributed by atoms with E-state index in [4.69, 9.17) is 11.6 Å². The molecule has 0 radical (unpaired) electrons. The van der Waals surface area contributed by atoms with Crippen molar-refractivity contribution in [3.8, 4) is 11.1 Å². The molecule has 0 spiro atoms. The number of rotatable bonds is 10. The topological polar surface area (TPSA) is 74.7 Å². The van der Waals surface area contributed by atoms with Crippen molar-refractivity contribution in [2.24, 2.45) is 0 Å². The van der Waals surface area contributed by atoms with Crippen LogP contribution < -0.4 is 0 Å². The van der Waals surface area contributed by atoms with Crippen LogP contribution in [0.1, 0.15) is 11.1 Å². The Morgan fingerprint density at radius 2 is 1.25 bits per heavy atom. The first-order valence-corrected chi connectivity index (χ1v) is 13.3. The second-order valence-corrected chi connectivity index (χ2v) is 10.8. The molecule has 4 aromatic carbocycles. The van der Waals surface area contributed by atoms with E-state index in [1.165, 1.54) is 12.1 Å². The molecular weight excluding hydrogens is 494 g/mol. The minimum atomic E-state index is -4.11. The molecule has 1 atom stereocenters. The van der Waals surface area contributed by atoms with Gasteiger partial charge in [0.25, 0.3) is 0 Å². The van der Waals surface area contributed by atoms with Gasteiger partial charge in [-0.25, -0.2) is 8.42 Å². The van der Waals surface area contributed by atoms with Gasteiger partial charge in [0.15, 0.2) is 0 Å². The van der Waals surface area contributed by atoms with Gasteiger partial charge in [-0.1, -0.05) is 96.5 Å². The minimum Gasteiger partial charge on any atom is -0.480 e. The lowest BCUT2D eigenvalue weighted by atomic mass is 10.1. The largest absolute Gasteiger partial charge is 0.480 e. The van der Waals surface area contributed by atoms with E-state index in [1.807, 2.05) is 60.7 Å². The van der Waals surface area contributed by atoms with Crippen molar-refractivity contribution in [2.45, 2.75) is 23.8 Å². The number of carbonyl (C=O) groups is 1. The number of halogens is 1. The van der Waals surface area contributed by atoms with Gasteiger partial charge in [-0.05, 0) is 59.4 Å². The van der Waals surface area contributed by atoms with E-state index in [0.29, 0.717) is 11.4 Å². The van der Waals surface area contributed by atoms with Crippen molar-refractivity contribution in [2.75, 3.05) is 6.54 Å². The molecule has 0 unspecified atom stereocenters. The highest BCUT2D eigenvalue weighted by Crippen LogP contribution is 2.26. The Balaban J connectivity index is 1.67. The zero-order valence-corrected chi connectivity index (χ0v) is 21.1. The third-order valence-corrected chi connectivity index (χ3v) is 8.18. The van der Waals surface area contributed by atoms with Crippen molar-refractivity contribution in [1.29, 1.82) is 0 Å². The Kier molecular flexibility index (Phi) is 8.21. The predicted molar refractivity (Wildman–Crippen MR) is 142 cm³/mol. The average Bonchev–Trinajstić information content (AvgIpc) is 2.89. The Labute approximate surface area is 216 Å². The summed E-state index contributed by atoms with van der Waals surface area (Å²) in [6.07, 6.45) is 0.453. The van der Waals surface area contributed by atoms with Crippen molar-refractivity contribution in [3.05, 3.63) is 125 Å². The number of carboxylic acids is 1. The van der Waals surface area contributed by atoms with E-state index in [2.05, 4.69) is 0 Å². The number of aliphatic carboxylic acids is 1. The molecule has 0 aliphatic rings. The summed E-state index contributed by atoms with van der Waals surface area (Å²) in [5.41, 5.74) is 3.42. The molecule has 184 valence electrons. The summed E-state index contributed by atoms with van der Waals surface area (Å²) in [5, 5.41) is 10.7. The molecule has 0 aromatic heterocycles. The Hall–Kier alpha value is -3.45. The number of nitrogens with zero attached hydrogens (tertiary/aromatic N) is 1. The number of benzene rings is 4. The summed E-state index contributed by atoms with van der Waals surface area (Å²) in [7, 11) is -4.11. The lowest BCUT2D eigenvalue weighted by Crippen LogP contribution is -2.47. The van der Waals surface area contributed by atoms with Gasteiger partial charge in [-0.2, -0.15) is 4.31 Å². The van der Waals surface area contributed by atoms with E-state index >= 15 is 0 Å². The predicted octanol–water partition coefficient (Wildman–Crippen LogP) is 5.94. The van der Waals surface area contributed by atoms with E-state index < -0.39 is 22.0 Å². The minimum absolute atomic E-state index is 0.0368. The molecular formula is C29H26ClNO4S. The molecule has 0 aliphatic heterocycles. The third-order valence-electron chi connectivity index (χ3n) is 6.01. The molecule has 0 heterocycles. The van der Waals surface area contributed by atoms with Gasteiger partial charge in [-0.3, -0.25) is 4.79 Å². The van der Waals surface area contributed by atoms with Crippen LogP contribution in [0.4, 0.5) is 0 Å². The molecule has 0 saturated carbocycles. The Bertz CT molecular complexity index is 1390. The van der Waals surface area contributed by atoms with E-state index in [0.717, 1.165) is 26.6 Å². The summed E-state index contributed by atoms with van der Waals surface area (Å²) >= 11 is 5.97. The van der Waals surface area contributed by atoms with Crippen molar-refractivity contribution in [3.63, 3.8) is 0 Å². The maximum absolute atomic E-state index is 13.8. The highest BCUT2D eigenvalue weighted by atomic mass is 35.5. The van der Waals surface area contributed by atoms with Crippen LogP contribution in [0.5, 0.6) is 0 Å². The Morgan fingerprint density at radius 3 is 1.78 bits per heavy atom. The number of sulfonamides is 1. The van der Waals surface area contributed by atoms with Gasteiger partial charge < -0.3 is 5.11 Å². The van der Waals surface area contributed by atoms with Crippen LogP contribution in [0.3, 0.4) is 0 Å². The molecule has 5 nitrogen and oxygen atoms in total. The summed E-state index contributed by atoms with van der Waals surface area (Å²) in [6, 6.07) is 31.0. The van der Waals surface area contributed by atoms with E-state index in [1.54, 1.807) is 36.4 Å². The van der Waals surface area contributed by atoms with Crippen LogP contribution in [0.25, 0.3) is 11.1 Å². The van der Waals surface area contributed by atoms with Gasteiger partial charge >= 0.3 is 5.97 Å². The fourth-order valence-corrected chi connectivity index (χ4v) is 5.78. The van der Waals surface area contributed by atoms with Gasteiger partial charge in [0.2, 0.25) is 10.0 Å². The molecule has 7 heteroatoms. The zero-order valence-electron chi connectivity index (χ0n) is 19.5. The van der Waals surface area contributed by atoms with Crippen LogP contribution in [-0.4, -0.2) is 36.4 Å². The maximum atomic E-state index is 13.8. The standard InChI is InChI=1S/C29H26ClNO4S/c30-26-15-11-24(12-16-26)25-13-17-27(18-14-25)36(34,35)31(20-19-22-7-3-1-4-8-22)28(29(32)33)21-23-9-5-2-6-10-23/h1-18,28H,19-21H2,(H,32,33)/t28-/m1/s1. The second kappa shape index (κ2) is 11.5. The highest BCUT2D eigenvalue weighted by Gasteiger charge is 2.36. The van der Waals surface area contributed by atoms with Gasteiger partial charge in [0.05, 0.1) is 4.90 Å². The smallest absolute Gasteiger partial charge is 0.322 e. The molecule has 4 rings (SSSR count). The molecule has 0 fully saturated rings. The van der Waals surface area contributed by atoms with Crippen molar-refractivity contribution >= 4 is 27.6 Å². The first-order valence-electron chi connectivity index (χ1n) is 11.5. The average molecular weight is 520 g/mol. The second-order valence-electron chi connectivity index (χ2n) is 8.43. The van der Waals surface area contributed by atoms with Crippen molar-refractivity contribution < 1.29 is 18.3 Å². The summed E-state index contributed by atoms with van der Waals surface area (Å²) in [4.78, 5) is 12.4. The first kappa shape index (κ1) is 25.6. The third kappa shape index (κ3) is 6.21. The van der Waals surface area contributed by atoms with E-state index in [9.17, 15) is 18.3 Å². The molecule has 0 aliphatic carbocycles. The lowest BCUT2D eigenvalue weighted by Gasteiger charge is -2.28. The monoisotopic (exact) mass is 519 g/mol. The highest BCUT2D eigenvalue weighted by molar-refractivity contribution is 7.89. The van der Waals surface area contributed by atoms with Gasteiger partial charge in [0, 0.05) is 11.6 Å². The molecule has 0 bridgehead atoms. The number of hydrogen-bond donors (Lipinski definition) is 1. The Morgan fingerprint density at radius 1 is 0.750 bits per heavy atom. The zero-order chi connectivity index (χ0) is 25.5.